The van der Waals surface area contributed by atoms with Crippen molar-refractivity contribution in [2.24, 2.45) is 0 Å². The molecule has 3 aromatic rings. The smallest absolute Gasteiger partial charge is 0.263 e. The molecule has 1 aliphatic carbocycles. The van der Waals surface area contributed by atoms with Gasteiger partial charge in [0.15, 0.2) is 11.6 Å². The van der Waals surface area contributed by atoms with Crippen LogP contribution in [-0.4, -0.2) is 24.4 Å². The molecule has 0 aliphatic heterocycles. The summed E-state index contributed by atoms with van der Waals surface area (Å²) in [6.07, 6.45) is 5.69. The fraction of sp³-hybridized carbons (Fsp3) is 0.364. The molecule has 0 unspecified atom stereocenters. The summed E-state index contributed by atoms with van der Waals surface area (Å²) < 4.78 is 28.9. The molecule has 0 atom stereocenters. The Morgan fingerprint density at radius 1 is 0.897 bits per heavy atom. The van der Waals surface area contributed by atoms with Crippen LogP contribution in [0.5, 0.6) is 0 Å². The maximum absolute atomic E-state index is 13.1. The molecule has 2 N–H and O–H groups in total. The zero-order valence-corrected chi connectivity index (χ0v) is 17.6. The van der Waals surface area contributed by atoms with Gasteiger partial charge in [-0.05, 0) is 50.5 Å². The van der Waals surface area contributed by atoms with Crippen LogP contribution < -0.4 is 10.0 Å². The number of sulfonamides is 1. The van der Waals surface area contributed by atoms with E-state index in [1.54, 1.807) is 19.1 Å². The van der Waals surface area contributed by atoms with Crippen LogP contribution in [0.1, 0.15) is 43.2 Å². The van der Waals surface area contributed by atoms with Crippen LogP contribution in [-0.2, 0) is 10.0 Å². The predicted molar refractivity (Wildman–Crippen MR) is 117 cm³/mol. The number of benzene rings is 2. The molecule has 0 bridgehead atoms. The van der Waals surface area contributed by atoms with E-state index in [4.69, 9.17) is 0 Å². The van der Waals surface area contributed by atoms with Gasteiger partial charge in [-0.2, -0.15) is 0 Å². The molecule has 0 amide bonds. The van der Waals surface area contributed by atoms with Gasteiger partial charge in [0.25, 0.3) is 10.0 Å². The van der Waals surface area contributed by atoms with E-state index in [1.807, 2.05) is 37.3 Å². The Labute approximate surface area is 171 Å². The number of anilines is 2. The van der Waals surface area contributed by atoms with Crippen LogP contribution >= 0.6 is 0 Å². The lowest BCUT2D eigenvalue weighted by atomic mass is 9.95. The second kappa shape index (κ2) is 7.99. The first-order valence-corrected chi connectivity index (χ1v) is 11.5. The standard InChI is InChI=1S/C22H26N4O2S/c1-15-12-13-20(16(2)14-15)29(27,28)26-22-21(23-17-8-4-3-5-9-17)24-18-10-6-7-11-19(18)25-22/h6-7,10-14,17H,3-5,8-9H2,1-2H3,(H,23,24)(H,25,26). The molecule has 0 spiro atoms. The lowest BCUT2D eigenvalue weighted by molar-refractivity contribution is 0.462. The van der Waals surface area contributed by atoms with Gasteiger partial charge in [0.2, 0.25) is 0 Å². The maximum atomic E-state index is 13.1. The molecule has 0 saturated heterocycles. The first-order chi connectivity index (χ1) is 13.9. The third-order valence-corrected chi connectivity index (χ3v) is 6.87. The Balaban J connectivity index is 1.73. The number of para-hydroxylation sites is 2. The van der Waals surface area contributed by atoms with E-state index in [0.29, 0.717) is 16.9 Å². The van der Waals surface area contributed by atoms with Crippen LogP contribution in [0, 0.1) is 13.8 Å². The van der Waals surface area contributed by atoms with Crippen molar-refractivity contribution in [3.05, 3.63) is 53.6 Å². The molecular weight excluding hydrogens is 384 g/mol. The summed E-state index contributed by atoms with van der Waals surface area (Å²) in [4.78, 5) is 9.52. The van der Waals surface area contributed by atoms with Gasteiger partial charge in [-0.25, -0.2) is 18.4 Å². The second-order valence-corrected chi connectivity index (χ2v) is 9.41. The average Bonchev–Trinajstić information content (AvgIpc) is 2.68. The molecule has 1 fully saturated rings. The van der Waals surface area contributed by atoms with E-state index in [1.165, 1.54) is 19.3 Å². The van der Waals surface area contributed by atoms with E-state index in [0.717, 1.165) is 23.9 Å². The Morgan fingerprint density at radius 2 is 1.55 bits per heavy atom. The average molecular weight is 411 g/mol. The van der Waals surface area contributed by atoms with E-state index >= 15 is 0 Å². The minimum Gasteiger partial charge on any atom is -0.364 e. The number of nitrogens with zero attached hydrogens (tertiary/aromatic N) is 2. The Morgan fingerprint density at radius 3 is 2.21 bits per heavy atom. The number of fused-ring (bicyclic) bond motifs is 1. The molecule has 29 heavy (non-hydrogen) atoms. The molecule has 0 radical (unpaired) electrons. The zero-order valence-electron chi connectivity index (χ0n) is 16.8. The molecule has 2 aromatic carbocycles. The summed E-state index contributed by atoms with van der Waals surface area (Å²) in [6, 6.07) is 13.1. The number of aryl methyl sites for hydroxylation is 2. The monoisotopic (exact) mass is 410 g/mol. The number of hydrogen-bond donors (Lipinski definition) is 2. The summed E-state index contributed by atoms with van der Waals surface area (Å²) in [5.41, 5.74) is 3.11. The molecule has 1 aromatic heterocycles. The van der Waals surface area contributed by atoms with Gasteiger partial charge in [-0.3, -0.25) is 4.72 Å². The van der Waals surface area contributed by atoms with Crippen molar-refractivity contribution in [1.82, 2.24) is 9.97 Å². The SMILES string of the molecule is Cc1ccc(S(=O)(=O)Nc2nc3ccccc3nc2NC2CCCCC2)c(C)c1. The highest BCUT2D eigenvalue weighted by atomic mass is 32.2. The molecule has 1 heterocycles. The lowest BCUT2D eigenvalue weighted by Crippen LogP contribution is -2.25. The van der Waals surface area contributed by atoms with Gasteiger partial charge in [0.05, 0.1) is 15.9 Å². The van der Waals surface area contributed by atoms with Crippen molar-refractivity contribution in [2.45, 2.75) is 56.9 Å². The number of nitrogens with one attached hydrogen (secondary N) is 2. The quantitative estimate of drug-likeness (QED) is 0.632. The van der Waals surface area contributed by atoms with Crippen LogP contribution in [0.3, 0.4) is 0 Å². The fourth-order valence-electron chi connectivity index (χ4n) is 3.90. The van der Waals surface area contributed by atoms with E-state index < -0.39 is 10.0 Å². The fourth-order valence-corrected chi connectivity index (χ4v) is 5.13. The summed E-state index contributed by atoms with van der Waals surface area (Å²) in [6.45, 7) is 3.74. The van der Waals surface area contributed by atoms with Crippen molar-refractivity contribution in [1.29, 1.82) is 0 Å². The zero-order chi connectivity index (χ0) is 20.4. The third-order valence-electron chi connectivity index (χ3n) is 5.37. The highest BCUT2D eigenvalue weighted by molar-refractivity contribution is 7.92. The number of rotatable bonds is 5. The topological polar surface area (TPSA) is 84.0 Å². The van der Waals surface area contributed by atoms with E-state index in [2.05, 4.69) is 20.0 Å². The molecule has 152 valence electrons. The maximum Gasteiger partial charge on any atom is 0.263 e. The van der Waals surface area contributed by atoms with Gasteiger partial charge in [-0.15, -0.1) is 0 Å². The van der Waals surface area contributed by atoms with Gasteiger partial charge in [-0.1, -0.05) is 49.1 Å². The van der Waals surface area contributed by atoms with Crippen LogP contribution in [0.4, 0.5) is 11.6 Å². The van der Waals surface area contributed by atoms with Crippen molar-refractivity contribution >= 4 is 32.7 Å². The summed E-state index contributed by atoms with van der Waals surface area (Å²) in [5, 5.41) is 3.44. The van der Waals surface area contributed by atoms with Crippen molar-refractivity contribution in [3.8, 4) is 0 Å². The predicted octanol–water partition coefficient (Wildman–Crippen LogP) is 4.79. The number of aromatic nitrogens is 2. The van der Waals surface area contributed by atoms with Crippen LogP contribution in [0.25, 0.3) is 11.0 Å². The summed E-state index contributed by atoms with van der Waals surface area (Å²) in [5.74, 6) is 0.734. The van der Waals surface area contributed by atoms with Gasteiger partial charge in [0.1, 0.15) is 0 Å². The van der Waals surface area contributed by atoms with Gasteiger partial charge >= 0.3 is 0 Å². The normalized spacial score (nSPS) is 15.4. The van der Waals surface area contributed by atoms with Crippen LogP contribution in [0.15, 0.2) is 47.4 Å². The van der Waals surface area contributed by atoms with Crippen molar-refractivity contribution in [3.63, 3.8) is 0 Å². The van der Waals surface area contributed by atoms with E-state index in [9.17, 15) is 8.42 Å². The van der Waals surface area contributed by atoms with Crippen LogP contribution in [0.2, 0.25) is 0 Å². The largest absolute Gasteiger partial charge is 0.364 e. The molecule has 6 nitrogen and oxygen atoms in total. The Kier molecular flexibility index (Phi) is 5.41. The van der Waals surface area contributed by atoms with Gasteiger partial charge < -0.3 is 5.32 Å². The summed E-state index contributed by atoms with van der Waals surface area (Å²) in [7, 11) is -3.79. The second-order valence-electron chi connectivity index (χ2n) is 7.76. The van der Waals surface area contributed by atoms with Crippen molar-refractivity contribution < 1.29 is 8.42 Å². The third kappa shape index (κ3) is 4.34. The Bertz CT molecular complexity index is 1140. The first kappa shape index (κ1) is 19.6. The van der Waals surface area contributed by atoms with Gasteiger partial charge in [0, 0.05) is 6.04 Å². The minimum atomic E-state index is -3.79. The summed E-state index contributed by atoms with van der Waals surface area (Å²) >= 11 is 0. The minimum absolute atomic E-state index is 0.245. The number of hydrogen-bond acceptors (Lipinski definition) is 5. The molecular formula is C22H26N4O2S. The molecule has 1 saturated carbocycles. The first-order valence-electron chi connectivity index (χ1n) is 10.1. The van der Waals surface area contributed by atoms with Crippen molar-refractivity contribution in [2.75, 3.05) is 10.0 Å². The lowest BCUT2D eigenvalue weighted by Gasteiger charge is -2.24. The highest BCUT2D eigenvalue weighted by Crippen LogP contribution is 2.28. The highest BCUT2D eigenvalue weighted by Gasteiger charge is 2.22. The Hall–Kier alpha value is -2.67. The van der Waals surface area contributed by atoms with E-state index in [-0.39, 0.29) is 16.8 Å². The molecule has 4 rings (SSSR count). The molecule has 7 heteroatoms. The molecule has 1 aliphatic rings.